The predicted molar refractivity (Wildman–Crippen MR) is 61.4 cm³/mol. The largest absolute Gasteiger partial charge is 0.481 e. The highest BCUT2D eigenvalue weighted by Crippen LogP contribution is 2.22. The van der Waals surface area contributed by atoms with E-state index in [0.717, 1.165) is 4.47 Å². The monoisotopic (exact) mass is 286 g/mol. The number of aliphatic carboxylic acids is 1. The number of hydrogen-bond acceptors (Lipinski definition) is 3. The fourth-order valence-corrected chi connectivity index (χ4v) is 1.91. The van der Waals surface area contributed by atoms with Gasteiger partial charge in [-0.25, -0.2) is 4.79 Å². The van der Waals surface area contributed by atoms with Crippen molar-refractivity contribution in [2.24, 2.45) is 0 Å². The first kappa shape index (κ1) is 12.7. The van der Waals surface area contributed by atoms with Crippen LogP contribution < -0.4 is 0 Å². The summed E-state index contributed by atoms with van der Waals surface area (Å²) in [4.78, 5) is 21.9. The number of methoxy groups -OCH3 is 1. The molecule has 0 unspecified atom stereocenters. The Labute approximate surface area is 101 Å². The summed E-state index contributed by atoms with van der Waals surface area (Å²) >= 11 is 3.29. The zero-order chi connectivity index (χ0) is 12.1. The molecule has 0 heterocycles. The first-order chi connectivity index (χ1) is 7.56. The molecule has 1 aromatic rings. The van der Waals surface area contributed by atoms with Crippen molar-refractivity contribution in [2.45, 2.75) is 12.8 Å². The summed E-state index contributed by atoms with van der Waals surface area (Å²) in [6.45, 7) is 0. The fraction of sp³-hybridized carbons (Fsp3) is 0.273. The van der Waals surface area contributed by atoms with Crippen LogP contribution in [0.1, 0.15) is 22.3 Å². The second-order valence-corrected chi connectivity index (χ2v) is 4.01. The average molecular weight is 287 g/mol. The lowest BCUT2D eigenvalue weighted by Gasteiger charge is -2.08. The number of carboxylic acid groups (broad SMARTS) is 1. The van der Waals surface area contributed by atoms with Crippen LogP contribution in [0.4, 0.5) is 0 Å². The molecule has 0 saturated heterocycles. The van der Waals surface area contributed by atoms with Crippen LogP contribution in [0.2, 0.25) is 0 Å². The third-order valence-corrected chi connectivity index (χ3v) is 2.86. The van der Waals surface area contributed by atoms with Crippen molar-refractivity contribution in [3.05, 3.63) is 33.8 Å². The highest BCUT2D eigenvalue weighted by atomic mass is 79.9. The van der Waals surface area contributed by atoms with Gasteiger partial charge >= 0.3 is 11.9 Å². The maximum Gasteiger partial charge on any atom is 0.338 e. The molecule has 1 aromatic carbocycles. The second-order valence-electron chi connectivity index (χ2n) is 3.15. The lowest BCUT2D eigenvalue weighted by Crippen LogP contribution is -2.08. The molecule has 1 N–H and O–H groups in total. The molecule has 0 atom stereocenters. The van der Waals surface area contributed by atoms with Crippen molar-refractivity contribution in [2.75, 3.05) is 7.11 Å². The van der Waals surface area contributed by atoms with Crippen molar-refractivity contribution in [3.63, 3.8) is 0 Å². The van der Waals surface area contributed by atoms with Crippen molar-refractivity contribution < 1.29 is 19.4 Å². The van der Waals surface area contributed by atoms with Gasteiger partial charge in [0, 0.05) is 10.9 Å². The van der Waals surface area contributed by atoms with Gasteiger partial charge in [0.2, 0.25) is 0 Å². The highest BCUT2D eigenvalue weighted by Gasteiger charge is 2.14. The van der Waals surface area contributed by atoms with Crippen LogP contribution in [0.3, 0.4) is 0 Å². The number of halogens is 1. The molecule has 0 radical (unpaired) electrons. The molecule has 0 aliphatic carbocycles. The number of hydrogen-bond donors (Lipinski definition) is 1. The minimum absolute atomic E-state index is 0.0212. The summed E-state index contributed by atoms with van der Waals surface area (Å²) in [5.74, 6) is -1.35. The Morgan fingerprint density at radius 3 is 2.69 bits per heavy atom. The van der Waals surface area contributed by atoms with Gasteiger partial charge < -0.3 is 9.84 Å². The van der Waals surface area contributed by atoms with Crippen LogP contribution in [0.25, 0.3) is 0 Å². The van der Waals surface area contributed by atoms with Crippen LogP contribution in [-0.2, 0) is 16.0 Å². The average Bonchev–Trinajstić information content (AvgIpc) is 2.25. The molecule has 1 rings (SSSR count). The van der Waals surface area contributed by atoms with E-state index in [1.807, 2.05) is 0 Å². The second kappa shape index (κ2) is 5.65. The van der Waals surface area contributed by atoms with Gasteiger partial charge in [-0.3, -0.25) is 4.79 Å². The van der Waals surface area contributed by atoms with Crippen molar-refractivity contribution in [3.8, 4) is 0 Å². The normalized spacial score (nSPS) is 9.88. The van der Waals surface area contributed by atoms with Gasteiger partial charge in [-0.2, -0.15) is 0 Å². The van der Waals surface area contributed by atoms with Crippen LogP contribution in [0.5, 0.6) is 0 Å². The number of rotatable bonds is 4. The van der Waals surface area contributed by atoms with Crippen LogP contribution in [0.15, 0.2) is 22.7 Å². The first-order valence-electron chi connectivity index (χ1n) is 4.63. The molecule has 0 amide bonds. The lowest BCUT2D eigenvalue weighted by atomic mass is 10.0. The van der Waals surface area contributed by atoms with Crippen molar-refractivity contribution >= 4 is 27.9 Å². The first-order valence-corrected chi connectivity index (χ1v) is 5.43. The summed E-state index contributed by atoms with van der Waals surface area (Å²) in [5, 5.41) is 8.62. The molecule has 0 aliphatic rings. The predicted octanol–water partition coefficient (Wildman–Crippen LogP) is 2.25. The third-order valence-electron chi connectivity index (χ3n) is 2.11. The quantitative estimate of drug-likeness (QED) is 0.863. The van der Waals surface area contributed by atoms with E-state index in [9.17, 15) is 9.59 Å². The Kier molecular flexibility index (Phi) is 4.49. The lowest BCUT2D eigenvalue weighted by molar-refractivity contribution is -0.136. The Morgan fingerprint density at radius 2 is 2.12 bits per heavy atom. The van der Waals surface area contributed by atoms with Gasteiger partial charge in [-0.05, 0) is 24.1 Å². The fourth-order valence-electron chi connectivity index (χ4n) is 1.35. The molecule has 5 heteroatoms. The molecule has 0 aromatic heterocycles. The van der Waals surface area contributed by atoms with E-state index >= 15 is 0 Å². The Balaban J connectivity index is 3.03. The number of benzene rings is 1. The van der Waals surface area contributed by atoms with E-state index < -0.39 is 11.9 Å². The molecule has 0 bridgehead atoms. The Morgan fingerprint density at radius 1 is 1.44 bits per heavy atom. The molecule has 4 nitrogen and oxygen atoms in total. The Bertz CT molecular complexity index is 414. The van der Waals surface area contributed by atoms with Crippen LogP contribution in [0, 0.1) is 0 Å². The number of carbonyl (C=O) groups is 2. The van der Waals surface area contributed by atoms with E-state index in [4.69, 9.17) is 5.11 Å². The van der Waals surface area contributed by atoms with Gasteiger partial charge in [-0.1, -0.05) is 22.0 Å². The zero-order valence-corrected chi connectivity index (χ0v) is 10.3. The number of esters is 1. The summed E-state index contributed by atoms with van der Waals surface area (Å²) in [6.07, 6.45) is 0.272. The maximum absolute atomic E-state index is 11.4. The van der Waals surface area contributed by atoms with E-state index in [0.29, 0.717) is 17.5 Å². The Hall–Kier alpha value is -1.36. The molecule has 86 valence electrons. The zero-order valence-electron chi connectivity index (χ0n) is 8.70. The topological polar surface area (TPSA) is 63.6 Å². The minimum atomic E-state index is -0.897. The molecule has 0 fully saturated rings. The van der Waals surface area contributed by atoms with Crippen molar-refractivity contribution in [1.82, 2.24) is 0 Å². The molecule has 0 spiro atoms. The van der Waals surface area contributed by atoms with Gasteiger partial charge in [-0.15, -0.1) is 0 Å². The highest BCUT2D eigenvalue weighted by molar-refractivity contribution is 9.10. The minimum Gasteiger partial charge on any atom is -0.481 e. The third kappa shape index (κ3) is 3.06. The standard InChI is InChI=1S/C11H11BrO4/c1-16-11(15)8-3-2-4-9(12)7(8)5-6-10(13)14/h2-4H,5-6H2,1H3,(H,13,14). The molecule has 0 saturated carbocycles. The molecule has 0 aliphatic heterocycles. The summed E-state index contributed by atoms with van der Waals surface area (Å²) in [5.41, 5.74) is 1.06. The SMILES string of the molecule is COC(=O)c1cccc(Br)c1CCC(=O)O. The maximum atomic E-state index is 11.4. The van der Waals surface area contributed by atoms with Gasteiger partial charge in [0.1, 0.15) is 0 Å². The van der Waals surface area contributed by atoms with E-state index in [1.165, 1.54) is 7.11 Å². The number of carbonyl (C=O) groups excluding carboxylic acids is 1. The number of carboxylic acids is 1. The smallest absolute Gasteiger partial charge is 0.338 e. The van der Waals surface area contributed by atoms with Gasteiger partial charge in [0.25, 0.3) is 0 Å². The summed E-state index contributed by atoms with van der Waals surface area (Å²) in [7, 11) is 1.30. The van der Waals surface area contributed by atoms with E-state index in [1.54, 1.807) is 18.2 Å². The van der Waals surface area contributed by atoms with Crippen LogP contribution >= 0.6 is 15.9 Å². The van der Waals surface area contributed by atoms with E-state index in [2.05, 4.69) is 20.7 Å². The van der Waals surface area contributed by atoms with Gasteiger partial charge in [0.05, 0.1) is 12.7 Å². The molecular weight excluding hydrogens is 276 g/mol. The summed E-state index contributed by atoms with van der Waals surface area (Å²) in [6, 6.07) is 5.10. The molecular formula is C11H11BrO4. The number of ether oxygens (including phenoxy) is 1. The van der Waals surface area contributed by atoms with Crippen LogP contribution in [-0.4, -0.2) is 24.2 Å². The van der Waals surface area contributed by atoms with Crippen molar-refractivity contribution in [1.29, 1.82) is 0 Å². The van der Waals surface area contributed by atoms with Gasteiger partial charge in [0.15, 0.2) is 0 Å². The van der Waals surface area contributed by atoms with E-state index in [-0.39, 0.29) is 6.42 Å². The molecule has 16 heavy (non-hydrogen) atoms. The summed E-state index contributed by atoms with van der Waals surface area (Å²) < 4.78 is 5.35.